The van der Waals surface area contributed by atoms with Crippen LogP contribution in [-0.4, -0.2) is 24.9 Å². The summed E-state index contributed by atoms with van der Waals surface area (Å²) in [5.74, 6) is 0. The second-order valence-corrected chi connectivity index (χ2v) is 8.40. The van der Waals surface area contributed by atoms with Crippen molar-refractivity contribution in [3.8, 4) is 10.6 Å². The number of nitrogens with one attached hydrogen (secondary N) is 1. The molecule has 0 aliphatic heterocycles. The van der Waals surface area contributed by atoms with Crippen molar-refractivity contribution < 1.29 is 8.42 Å². The molecule has 0 amide bonds. The van der Waals surface area contributed by atoms with E-state index in [-0.39, 0.29) is 0 Å². The summed E-state index contributed by atoms with van der Waals surface area (Å²) in [4.78, 5) is 8.85. The number of nitrogens with zero attached hydrogens (tertiary/aromatic N) is 2. The molecule has 5 nitrogen and oxygen atoms in total. The number of thiazole rings is 1. The van der Waals surface area contributed by atoms with Crippen LogP contribution in [0.15, 0.2) is 53.0 Å². The molecule has 1 aromatic carbocycles. The van der Waals surface area contributed by atoms with Gasteiger partial charge in [-0.15, -0.1) is 11.3 Å². The first-order chi connectivity index (χ1) is 12.0. The maximum Gasteiger partial charge on any atom is 0.240 e. The number of aromatic nitrogens is 2. The van der Waals surface area contributed by atoms with Crippen LogP contribution in [0.4, 0.5) is 0 Å². The number of rotatable bonds is 6. The van der Waals surface area contributed by atoms with Gasteiger partial charge in [0.2, 0.25) is 10.0 Å². The van der Waals surface area contributed by atoms with E-state index in [9.17, 15) is 8.42 Å². The van der Waals surface area contributed by atoms with E-state index in [1.807, 2.05) is 37.4 Å². The fraction of sp³-hybridized carbons (Fsp3) is 0.222. The quantitative estimate of drug-likeness (QED) is 0.719. The minimum atomic E-state index is -3.50. The van der Waals surface area contributed by atoms with Gasteiger partial charge in [0, 0.05) is 36.3 Å². The summed E-state index contributed by atoms with van der Waals surface area (Å²) < 4.78 is 27.4. The molecule has 0 aliphatic rings. The Morgan fingerprint density at radius 2 is 1.84 bits per heavy atom. The summed E-state index contributed by atoms with van der Waals surface area (Å²) in [6.45, 7) is 4.18. The molecule has 0 unspecified atom stereocenters. The van der Waals surface area contributed by atoms with Gasteiger partial charge in [-0.1, -0.05) is 6.07 Å². The average molecular weight is 374 g/mol. The SMILES string of the molecule is Cc1ccc(S(=O)(=O)NCCc2csc(-c3ccncc3)n2)cc1C. The van der Waals surface area contributed by atoms with Gasteiger partial charge in [0.15, 0.2) is 0 Å². The van der Waals surface area contributed by atoms with Crippen molar-refractivity contribution in [3.63, 3.8) is 0 Å². The molecule has 3 aromatic rings. The van der Waals surface area contributed by atoms with Crippen LogP contribution >= 0.6 is 11.3 Å². The van der Waals surface area contributed by atoms with Gasteiger partial charge in [0.25, 0.3) is 0 Å². The lowest BCUT2D eigenvalue weighted by Crippen LogP contribution is -2.26. The van der Waals surface area contributed by atoms with Crippen molar-refractivity contribution in [3.05, 3.63) is 64.9 Å². The predicted octanol–water partition coefficient (Wildman–Crippen LogP) is 3.34. The standard InChI is InChI=1S/C18H19N3O2S2/c1-13-3-4-17(11-14(13)2)25(22,23)20-10-7-16-12-24-18(21-16)15-5-8-19-9-6-15/h3-6,8-9,11-12,20H,7,10H2,1-2H3. The lowest BCUT2D eigenvalue weighted by Gasteiger charge is -2.08. The van der Waals surface area contributed by atoms with E-state index in [1.165, 1.54) is 0 Å². The molecule has 130 valence electrons. The van der Waals surface area contributed by atoms with Crippen molar-refractivity contribution in [2.24, 2.45) is 0 Å². The lowest BCUT2D eigenvalue weighted by molar-refractivity contribution is 0.581. The molecule has 0 fully saturated rings. The smallest absolute Gasteiger partial charge is 0.240 e. The molecule has 25 heavy (non-hydrogen) atoms. The highest BCUT2D eigenvalue weighted by Crippen LogP contribution is 2.23. The second-order valence-electron chi connectivity index (χ2n) is 5.77. The molecule has 0 saturated heterocycles. The maximum absolute atomic E-state index is 12.4. The summed E-state index contributed by atoms with van der Waals surface area (Å²) in [5, 5.41) is 2.87. The number of pyridine rings is 1. The summed E-state index contributed by atoms with van der Waals surface area (Å²) >= 11 is 1.54. The van der Waals surface area contributed by atoms with E-state index >= 15 is 0 Å². The number of benzene rings is 1. The van der Waals surface area contributed by atoms with E-state index in [0.29, 0.717) is 17.9 Å². The summed E-state index contributed by atoms with van der Waals surface area (Å²) in [6.07, 6.45) is 4.01. The molecule has 0 bridgehead atoms. The molecule has 2 aromatic heterocycles. The van der Waals surface area contributed by atoms with E-state index in [4.69, 9.17) is 0 Å². The van der Waals surface area contributed by atoms with Crippen LogP contribution < -0.4 is 4.72 Å². The molecule has 0 radical (unpaired) electrons. The molecular weight excluding hydrogens is 354 g/mol. The Morgan fingerprint density at radius 1 is 1.08 bits per heavy atom. The van der Waals surface area contributed by atoms with Gasteiger partial charge in [-0.05, 0) is 49.2 Å². The van der Waals surface area contributed by atoms with Gasteiger partial charge in [0.05, 0.1) is 10.6 Å². The number of aryl methyl sites for hydroxylation is 2. The zero-order valence-electron chi connectivity index (χ0n) is 14.1. The Kier molecular flexibility index (Phi) is 5.27. The monoisotopic (exact) mass is 373 g/mol. The topological polar surface area (TPSA) is 72.0 Å². The van der Waals surface area contributed by atoms with Crippen LogP contribution in [0.25, 0.3) is 10.6 Å². The van der Waals surface area contributed by atoms with Gasteiger partial charge in [-0.25, -0.2) is 18.1 Å². The third-order valence-corrected chi connectivity index (χ3v) is 6.34. The van der Waals surface area contributed by atoms with Gasteiger partial charge in [0.1, 0.15) is 5.01 Å². The van der Waals surface area contributed by atoms with Crippen molar-refractivity contribution >= 4 is 21.4 Å². The highest BCUT2D eigenvalue weighted by molar-refractivity contribution is 7.89. The average Bonchev–Trinajstić information content (AvgIpc) is 3.07. The highest BCUT2D eigenvalue weighted by Gasteiger charge is 2.14. The molecule has 3 rings (SSSR count). The first-order valence-corrected chi connectivity index (χ1v) is 10.2. The van der Waals surface area contributed by atoms with Crippen LogP contribution in [0.1, 0.15) is 16.8 Å². The second kappa shape index (κ2) is 7.43. The Labute approximate surface area is 151 Å². The van der Waals surface area contributed by atoms with Crippen molar-refractivity contribution in [2.45, 2.75) is 25.2 Å². The Balaban J connectivity index is 1.63. The highest BCUT2D eigenvalue weighted by atomic mass is 32.2. The van der Waals surface area contributed by atoms with Gasteiger partial charge >= 0.3 is 0 Å². The largest absolute Gasteiger partial charge is 0.265 e. The Hall–Kier alpha value is -2.09. The fourth-order valence-electron chi connectivity index (χ4n) is 2.33. The van der Waals surface area contributed by atoms with Crippen molar-refractivity contribution in [2.75, 3.05) is 6.54 Å². The van der Waals surface area contributed by atoms with Crippen LogP contribution in [0.2, 0.25) is 0 Å². The molecule has 7 heteroatoms. The predicted molar refractivity (Wildman–Crippen MR) is 100 cm³/mol. The number of hydrogen-bond donors (Lipinski definition) is 1. The Bertz CT molecular complexity index is 967. The molecule has 1 N–H and O–H groups in total. The van der Waals surface area contributed by atoms with Gasteiger partial charge in [-0.3, -0.25) is 4.98 Å². The zero-order chi connectivity index (χ0) is 17.9. The van der Waals surface area contributed by atoms with Crippen LogP contribution in [-0.2, 0) is 16.4 Å². The van der Waals surface area contributed by atoms with Crippen LogP contribution in [0, 0.1) is 13.8 Å². The zero-order valence-corrected chi connectivity index (χ0v) is 15.7. The molecule has 0 saturated carbocycles. The van der Waals surface area contributed by atoms with E-state index in [0.717, 1.165) is 27.4 Å². The maximum atomic E-state index is 12.4. The number of sulfonamides is 1. The Morgan fingerprint density at radius 3 is 2.56 bits per heavy atom. The van der Waals surface area contributed by atoms with E-state index < -0.39 is 10.0 Å². The molecular formula is C18H19N3O2S2. The summed E-state index contributed by atoms with van der Waals surface area (Å²) in [5.41, 5.74) is 3.93. The fourth-order valence-corrected chi connectivity index (χ4v) is 4.30. The molecule has 2 heterocycles. The first kappa shape index (κ1) is 17.7. The van der Waals surface area contributed by atoms with Gasteiger partial charge < -0.3 is 0 Å². The van der Waals surface area contributed by atoms with Gasteiger partial charge in [-0.2, -0.15) is 0 Å². The minimum absolute atomic E-state index is 0.298. The molecule has 0 atom stereocenters. The van der Waals surface area contributed by atoms with Crippen molar-refractivity contribution in [1.29, 1.82) is 0 Å². The molecule has 0 aliphatic carbocycles. The minimum Gasteiger partial charge on any atom is -0.265 e. The van der Waals surface area contributed by atoms with Crippen LogP contribution in [0.5, 0.6) is 0 Å². The molecule has 0 spiro atoms. The third-order valence-electron chi connectivity index (χ3n) is 3.94. The first-order valence-electron chi connectivity index (χ1n) is 7.87. The van der Waals surface area contributed by atoms with E-state index in [2.05, 4.69) is 14.7 Å². The third kappa shape index (κ3) is 4.31. The normalized spacial score (nSPS) is 11.6. The van der Waals surface area contributed by atoms with E-state index in [1.54, 1.807) is 35.9 Å². The number of hydrogen-bond acceptors (Lipinski definition) is 5. The van der Waals surface area contributed by atoms with Crippen molar-refractivity contribution in [1.82, 2.24) is 14.7 Å². The van der Waals surface area contributed by atoms with Crippen LogP contribution in [0.3, 0.4) is 0 Å². The summed E-state index contributed by atoms with van der Waals surface area (Å²) in [6, 6.07) is 8.97. The summed E-state index contributed by atoms with van der Waals surface area (Å²) in [7, 11) is -3.50. The lowest BCUT2D eigenvalue weighted by atomic mass is 10.1.